The first kappa shape index (κ1) is 14.6. The van der Waals surface area contributed by atoms with Gasteiger partial charge < -0.3 is 10.0 Å². The van der Waals surface area contributed by atoms with Crippen molar-refractivity contribution in [1.82, 2.24) is 4.90 Å². The highest BCUT2D eigenvalue weighted by molar-refractivity contribution is 7.21. The van der Waals surface area contributed by atoms with Crippen molar-refractivity contribution in [2.45, 2.75) is 6.42 Å². The molecule has 1 aliphatic rings. The Labute approximate surface area is 134 Å². The lowest BCUT2D eigenvalue weighted by Gasteiger charge is -2.38. The zero-order chi connectivity index (χ0) is 15.1. The molecule has 110 valence electrons. The lowest BCUT2D eigenvalue weighted by atomic mass is 9.96. The first-order valence-corrected chi connectivity index (χ1v) is 7.91. The quantitative estimate of drug-likeness (QED) is 0.922. The number of carbonyl (C=O) groups is 2. The number of amides is 1. The maximum absolute atomic E-state index is 12.4. The van der Waals surface area contributed by atoms with Crippen molar-refractivity contribution in [3.63, 3.8) is 0 Å². The predicted molar refractivity (Wildman–Crippen MR) is 83.5 cm³/mol. The van der Waals surface area contributed by atoms with Crippen LogP contribution in [0.15, 0.2) is 18.2 Å². The molecule has 0 unspecified atom stereocenters. The number of likely N-dealkylation sites (tertiary alicyclic amines) is 1. The van der Waals surface area contributed by atoms with E-state index < -0.39 is 5.97 Å². The molecule has 2 aromatic rings. The highest BCUT2D eigenvalue weighted by Gasteiger charge is 2.34. The summed E-state index contributed by atoms with van der Waals surface area (Å²) in [6.07, 6.45) is 0.0968. The van der Waals surface area contributed by atoms with Gasteiger partial charge in [0.1, 0.15) is 4.88 Å². The van der Waals surface area contributed by atoms with E-state index in [4.69, 9.17) is 28.3 Å². The Morgan fingerprint density at radius 1 is 1.33 bits per heavy atom. The third-order valence-electron chi connectivity index (χ3n) is 3.49. The summed E-state index contributed by atoms with van der Waals surface area (Å²) >= 11 is 13.5. The minimum atomic E-state index is -0.832. The molecule has 4 nitrogen and oxygen atoms in total. The fourth-order valence-electron chi connectivity index (χ4n) is 2.43. The summed E-state index contributed by atoms with van der Waals surface area (Å²) in [6, 6.07) is 5.33. The second kappa shape index (κ2) is 5.48. The normalized spacial score (nSPS) is 15.2. The third kappa shape index (κ3) is 2.73. The van der Waals surface area contributed by atoms with Gasteiger partial charge in [-0.3, -0.25) is 9.59 Å². The molecule has 1 fully saturated rings. The highest BCUT2D eigenvalue weighted by Crippen LogP contribution is 2.38. The van der Waals surface area contributed by atoms with Gasteiger partial charge in [-0.05, 0) is 12.1 Å². The topological polar surface area (TPSA) is 57.6 Å². The van der Waals surface area contributed by atoms with Crippen LogP contribution < -0.4 is 0 Å². The van der Waals surface area contributed by atoms with Crippen molar-refractivity contribution < 1.29 is 14.7 Å². The lowest BCUT2D eigenvalue weighted by molar-refractivity contribution is -0.139. The molecule has 0 spiro atoms. The van der Waals surface area contributed by atoms with Gasteiger partial charge in [-0.25, -0.2) is 0 Å². The zero-order valence-corrected chi connectivity index (χ0v) is 13.1. The predicted octanol–water partition coefficient (Wildman–Crippen LogP) is 3.75. The van der Waals surface area contributed by atoms with Gasteiger partial charge in [0, 0.05) is 34.1 Å². The Balaban J connectivity index is 1.80. The Morgan fingerprint density at radius 3 is 2.71 bits per heavy atom. The van der Waals surface area contributed by atoms with E-state index in [0.717, 1.165) is 10.1 Å². The van der Waals surface area contributed by atoms with Crippen LogP contribution in [0.4, 0.5) is 0 Å². The van der Waals surface area contributed by atoms with E-state index in [0.29, 0.717) is 28.0 Å². The third-order valence-corrected chi connectivity index (χ3v) is 5.37. The van der Waals surface area contributed by atoms with Crippen molar-refractivity contribution >= 4 is 56.5 Å². The molecule has 1 aliphatic heterocycles. The van der Waals surface area contributed by atoms with Gasteiger partial charge in [0.2, 0.25) is 0 Å². The number of carboxylic acid groups (broad SMARTS) is 1. The number of hydrogen-bond donors (Lipinski definition) is 1. The summed E-state index contributed by atoms with van der Waals surface area (Å²) in [7, 11) is 0. The second-order valence-electron chi connectivity index (χ2n) is 5.06. The minimum absolute atomic E-state index is 0.0362. The fraction of sp³-hybridized carbons (Fsp3) is 0.286. The van der Waals surface area contributed by atoms with E-state index in [1.807, 2.05) is 0 Å². The van der Waals surface area contributed by atoms with Crippen LogP contribution >= 0.6 is 34.5 Å². The van der Waals surface area contributed by atoms with Gasteiger partial charge in [0.15, 0.2) is 0 Å². The molecule has 0 aliphatic carbocycles. The van der Waals surface area contributed by atoms with Gasteiger partial charge in [-0.2, -0.15) is 0 Å². The number of aliphatic carboxylic acids is 1. The van der Waals surface area contributed by atoms with E-state index >= 15 is 0 Å². The van der Waals surface area contributed by atoms with E-state index in [2.05, 4.69) is 0 Å². The lowest BCUT2D eigenvalue weighted by Crippen LogP contribution is -2.50. The first-order valence-electron chi connectivity index (χ1n) is 6.34. The largest absolute Gasteiger partial charge is 0.481 e. The smallest absolute Gasteiger partial charge is 0.303 e. The first-order chi connectivity index (χ1) is 9.95. The van der Waals surface area contributed by atoms with Gasteiger partial charge >= 0.3 is 5.97 Å². The van der Waals surface area contributed by atoms with Crippen LogP contribution in [-0.2, 0) is 4.79 Å². The number of halogens is 2. The van der Waals surface area contributed by atoms with Crippen LogP contribution in [0.3, 0.4) is 0 Å². The Kier molecular flexibility index (Phi) is 3.82. The average molecular weight is 344 g/mol. The molecule has 0 saturated carbocycles. The van der Waals surface area contributed by atoms with Crippen LogP contribution in [0.2, 0.25) is 10.0 Å². The number of nitrogens with zero attached hydrogens (tertiary/aromatic N) is 1. The molecule has 2 heterocycles. The summed E-state index contributed by atoms with van der Waals surface area (Å²) in [4.78, 5) is 25.1. The van der Waals surface area contributed by atoms with Crippen molar-refractivity contribution in [2.24, 2.45) is 5.92 Å². The summed E-state index contributed by atoms with van der Waals surface area (Å²) < 4.78 is 0.874. The molecule has 0 atom stereocenters. The molecule has 7 heteroatoms. The summed E-state index contributed by atoms with van der Waals surface area (Å²) in [5.74, 6) is -0.936. The number of thiophene rings is 1. The molecule has 1 amide bonds. The zero-order valence-electron chi connectivity index (χ0n) is 10.8. The van der Waals surface area contributed by atoms with Gasteiger partial charge in [-0.1, -0.05) is 29.3 Å². The van der Waals surface area contributed by atoms with Crippen LogP contribution in [0.25, 0.3) is 10.1 Å². The summed E-state index contributed by atoms with van der Waals surface area (Å²) in [5, 5.41) is 10.6. The van der Waals surface area contributed by atoms with Crippen LogP contribution in [0.1, 0.15) is 16.1 Å². The van der Waals surface area contributed by atoms with Crippen LogP contribution in [0.5, 0.6) is 0 Å². The second-order valence-corrected chi connectivity index (χ2v) is 6.93. The maximum Gasteiger partial charge on any atom is 0.303 e. The molecule has 0 bridgehead atoms. The average Bonchev–Trinajstić information content (AvgIpc) is 2.69. The SMILES string of the molecule is O=C(O)CC1CN(C(=O)c2sc3cc(Cl)ccc3c2Cl)C1. The number of rotatable bonds is 3. The summed E-state index contributed by atoms with van der Waals surface area (Å²) in [6.45, 7) is 0.937. The highest BCUT2D eigenvalue weighted by atomic mass is 35.5. The Morgan fingerprint density at radius 2 is 2.05 bits per heavy atom. The minimum Gasteiger partial charge on any atom is -0.481 e. The monoisotopic (exact) mass is 343 g/mol. The van der Waals surface area contributed by atoms with Gasteiger partial charge in [0.25, 0.3) is 5.91 Å². The Bertz CT molecular complexity index is 737. The molecule has 1 aromatic heterocycles. The molecule has 0 radical (unpaired) electrons. The number of fused-ring (bicyclic) bond motifs is 1. The molecular formula is C14H11Cl2NO3S. The fourth-order valence-corrected chi connectivity index (χ4v) is 4.19. The van der Waals surface area contributed by atoms with Crippen molar-refractivity contribution in [3.8, 4) is 0 Å². The molecule has 1 aromatic carbocycles. The van der Waals surface area contributed by atoms with E-state index in [1.54, 1.807) is 23.1 Å². The molecule has 21 heavy (non-hydrogen) atoms. The molecular weight excluding hydrogens is 333 g/mol. The van der Waals surface area contributed by atoms with Crippen LogP contribution in [-0.4, -0.2) is 35.0 Å². The number of carboxylic acids is 1. The number of carbonyl (C=O) groups excluding carboxylic acids is 1. The van der Waals surface area contributed by atoms with E-state index in [9.17, 15) is 9.59 Å². The van der Waals surface area contributed by atoms with Gasteiger partial charge in [-0.15, -0.1) is 11.3 Å². The van der Waals surface area contributed by atoms with E-state index in [1.165, 1.54) is 11.3 Å². The number of hydrogen-bond acceptors (Lipinski definition) is 3. The van der Waals surface area contributed by atoms with Crippen molar-refractivity contribution in [1.29, 1.82) is 0 Å². The Hall–Kier alpha value is -1.30. The molecule has 1 N–H and O–H groups in total. The number of benzene rings is 1. The van der Waals surface area contributed by atoms with Gasteiger partial charge in [0.05, 0.1) is 11.4 Å². The van der Waals surface area contributed by atoms with E-state index in [-0.39, 0.29) is 18.2 Å². The van der Waals surface area contributed by atoms with Crippen LogP contribution in [0, 0.1) is 5.92 Å². The molecule has 3 rings (SSSR count). The van der Waals surface area contributed by atoms with Crippen molar-refractivity contribution in [3.05, 3.63) is 33.1 Å². The van der Waals surface area contributed by atoms with Crippen molar-refractivity contribution in [2.75, 3.05) is 13.1 Å². The standard InChI is InChI=1S/C14H11Cl2NO3S/c15-8-1-2-9-10(4-8)21-13(12(9)16)14(20)17-5-7(6-17)3-11(18)19/h1-2,4,7H,3,5-6H2,(H,18,19). The summed E-state index contributed by atoms with van der Waals surface area (Å²) in [5.41, 5.74) is 0. The maximum atomic E-state index is 12.4. The molecule has 1 saturated heterocycles.